The van der Waals surface area contributed by atoms with Crippen LogP contribution in [0.5, 0.6) is 0 Å². The third-order valence-corrected chi connectivity index (χ3v) is 5.30. The van der Waals surface area contributed by atoms with E-state index in [9.17, 15) is 19.4 Å². The second-order valence-corrected chi connectivity index (χ2v) is 7.27. The van der Waals surface area contributed by atoms with Gasteiger partial charge in [-0.3, -0.25) is 10.3 Å². The fraction of sp³-hybridized carbons (Fsp3) is 0.571. The molecule has 0 aliphatic carbocycles. The number of hydrogen-bond donors (Lipinski definition) is 5. The van der Waals surface area contributed by atoms with Gasteiger partial charge in [0.15, 0.2) is 17.7 Å². The molecule has 5 atom stereocenters. The van der Waals surface area contributed by atoms with E-state index in [0.29, 0.717) is 11.2 Å². The number of halogens is 1. The first-order valence-electron chi connectivity index (χ1n) is 7.96. The molecule has 0 bridgehead atoms. The second kappa shape index (κ2) is 7.52. The van der Waals surface area contributed by atoms with E-state index >= 15 is 0 Å². The van der Waals surface area contributed by atoms with Crippen molar-refractivity contribution in [3.05, 3.63) is 12.7 Å². The highest BCUT2D eigenvalue weighted by Gasteiger charge is 2.44. The number of nitrogens with two attached hydrogens (primary N) is 2. The molecule has 148 valence electrons. The number of carbonyl (C=O) groups is 1. The lowest BCUT2D eigenvalue weighted by molar-refractivity contribution is -0.150. The van der Waals surface area contributed by atoms with Gasteiger partial charge in [-0.15, -0.1) is 0 Å². The van der Waals surface area contributed by atoms with E-state index < -0.39 is 42.7 Å². The first-order chi connectivity index (χ1) is 12.7. The second-order valence-electron chi connectivity index (χ2n) is 6.12. The number of aliphatic hydroxyl groups is 2. The maximum atomic E-state index is 13.5. The van der Waals surface area contributed by atoms with E-state index in [4.69, 9.17) is 21.3 Å². The Hall–Kier alpha value is -2.06. The molecule has 1 saturated heterocycles. The molecule has 11 nitrogen and oxygen atoms in total. The number of imidazole rings is 1. The highest BCUT2D eigenvalue weighted by atomic mass is 32.2. The van der Waals surface area contributed by atoms with Crippen molar-refractivity contribution < 1.29 is 29.2 Å². The van der Waals surface area contributed by atoms with Crippen molar-refractivity contribution in [2.24, 2.45) is 5.73 Å². The summed E-state index contributed by atoms with van der Waals surface area (Å²) in [5, 5.41) is 29.2. The van der Waals surface area contributed by atoms with Crippen LogP contribution in [0.25, 0.3) is 11.2 Å². The molecular weight excluding hydrogens is 383 g/mol. The van der Waals surface area contributed by atoms with E-state index in [1.54, 1.807) is 0 Å². The number of carboxylic acid groups (broad SMARTS) is 1. The number of alkyl halides is 1. The zero-order valence-electron chi connectivity index (χ0n) is 14.0. The zero-order chi connectivity index (χ0) is 19.8. The van der Waals surface area contributed by atoms with Crippen molar-refractivity contribution >= 4 is 34.7 Å². The van der Waals surface area contributed by atoms with Gasteiger partial charge in [0.2, 0.25) is 0 Å². The molecule has 1 aliphatic heterocycles. The Morgan fingerprint density at radius 1 is 1.37 bits per heavy atom. The van der Waals surface area contributed by atoms with E-state index in [1.807, 2.05) is 0 Å². The van der Waals surface area contributed by atoms with E-state index in [-0.39, 0.29) is 17.3 Å². The standard InChI is InChI=1S/C14H19FN6O5S/c15-14(17,13(24)25)1-2-27-3-6-8(22)9(23)12(26-6)21-5-20-7-10(16)18-4-19-11(7)21/h4-6,8-9,12,22-23H,1-3,17H2,(H,24,25)(H2,16,18,19)/t6-,8-,9-,12-,14+/m1/s1. The molecule has 0 aromatic carbocycles. The number of thioether (sulfide) groups is 1. The normalized spacial score (nSPS) is 27.7. The first-order valence-corrected chi connectivity index (χ1v) is 9.11. The molecule has 7 N–H and O–H groups in total. The number of hydrogen-bond acceptors (Lipinski definition) is 10. The summed E-state index contributed by atoms with van der Waals surface area (Å²) in [7, 11) is 0. The lowest BCUT2D eigenvalue weighted by Crippen LogP contribution is -2.43. The lowest BCUT2D eigenvalue weighted by atomic mass is 10.1. The summed E-state index contributed by atoms with van der Waals surface area (Å²) >= 11 is 1.16. The maximum Gasteiger partial charge on any atom is 0.356 e. The van der Waals surface area contributed by atoms with Gasteiger partial charge in [-0.05, 0) is 5.75 Å². The Bertz CT molecular complexity index is 835. The number of aliphatic hydroxyl groups excluding tert-OH is 2. The summed E-state index contributed by atoms with van der Waals surface area (Å²) in [6.07, 6.45) is -1.93. The van der Waals surface area contributed by atoms with E-state index in [0.717, 1.165) is 11.8 Å². The number of carboxylic acids is 1. The van der Waals surface area contributed by atoms with Crippen molar-refractivity contribution in [1.82, 2.24) is 19.5 Å². The largest absolute Gasteiger partial charge is 0.478 e. The Kier molecular flexibility index (Phi) is 5.48. The summed E-state index contributed by atoms with van der Waals surface area (Å²) in [4.78, 5) is 22.6. The van der Waals surface area contributed by atoms with Gasteiger partial charge < -0.3 is 25.8 Å². The van der Waals surface area contributed by atoms with Crippen LogP contribution >= 0.6 is 11.8 Å². The van der Waals surface area contributed by atoms with Crippen LogP contribution in [0.3, 0.4) is 0 Å². The van der Waals surface area contributed by atoms with E-state index in [1.165, 1.54) is 17.2 Å². The van der Waals surface area contributed by atoms with Crippen LogP contribution in [0.4, 0.5) is 10.2 Å². The van der Waals surface area contributed by atoms with Crippen LogP contribution in [0.1, 0.15) is 12.6 Å². The molecule has 27 heavy (non-hydrogen) atoms. The van der Waals surface area contributed by atoms with Crippen molar-refractivity contribution in [3.63, 3.8) is 0 Å². The van der Waals surface area contributed by atoms with Crippen LogP contribution in [0.15, 0.2) is 12.7 Å². The average Bonchev–Trinajstić information content (AvgIpc) is 3.15. The summed E-state index contributed by atoms with van der Waals surface area (Å²) < 4.78 is 20.7. The number of fused-ring (bicyclic) bond motifs is 1. The summed E-state index contributed by atoms with van der Waals surface area (Å²) in [6, 6.07) is 0. The Morgan fingerprint density at radius 2 is 2.11 bits per heavy atom. The number of anilines is 1. The molecule has 1 fully saturated rings. The number of rotatable bonds is 7. The molecule has 3 heterocycles. The third kappa shape index (κ3) is 3.82. The number of aliphatic carboxylic acids is 1. The van der Waals surface area contributed by atoms with Gasteiger partial charge in [0.25, 0.3) is 5.79 Å². The van der Waals surface area contributed by atoms with Gasteiger partial charge in [0.05, 0.1) is 12.4 Å². The van der Waals surface area contributed by atoms with Crippen LogP contribution in [0, 0.1) is 0 Å². The van der Waals surface area contributed by atoms with E-state index in [2.05, 4.69) is 15.0 Å². The number of ether oxygens (including phenoxy) is 1. The number of nitrogen functional groups attached to an aromatic ring is 1. The van der Waals surface area contributed by atoms with Crippen molar-refractivity contribution in [2.75, 3.05) is 17.2 Å². The minimum atomic E-state index is -2.81. The minimum Gasteiger partial charge on any atom is -0.478 e. The molecule has 0 radical (unpaired) electrons. The smallest absolute Gasteiger partial charge is 0.356 e. The van der Waals surface area contributed by atoms with Crippen molar-refractivity contribution in [3.8, 4) is 0 Å². The molecule has 0 unspecified atom stereocenters. The van der Waals surface area contributed by atoms with Crippen LogP contribution in [0.2, 0.25) is 0 Å². The molecule has 0 spiro atoms. The lowest BCUT2D eigenvalue weighted by Gasteiger charge is -2.17. The molecule has 13 heteroatoms. The highest BCUT2D eigenvalue weighted by molar-refractivity contribution is 7.99. The molecule has 0 saturated carbocycles. The SMILES string of the molecule is Nc1ncnc2c1ncn2[C@@H]1O[C@H](CSCC[C@@](N)(F)C(=O)O)[C@@H](O)[C@H]1O. The van der Waals surface area contributed by atoms with Crippen LogP contribution in [-0.4, -0.2) is 76.4 Å². The monoisotopic (exact) mass is 402 g/mol. The molecular formula is C14H19FN6O5S. The van der Waals surface area contributed by atoms with Crippen LogP contribution in [-0.2, 0) is 9.53 Å². The third-order valence-electron chi connectivity index (χ3n) is 4.25. The van der Waals surface area contributed by atoms with Gasteiger partial charge in [0.1, 0.15) is 24.1 Å². The quantitative estimate of drug-likeness (QED) is 0.279. The predicted octanol–water partition coefficient (Wildman–Crippen LogP) is -1.14. The van der Waals surface area contributed by atoms with Gasteiger partial charge in [0, 0.05) is 12.2 Å². The maximum absolute atomic E-state index is 13.5. The molecule has 2 aromatic heterocycles. The number of nitrogens with zero attached hydrogens (tertiary/aromatic N) is 4. The van der Waals surface area contributed by atoms with Crippen molar-refractivity contribution in [1.29, 1.82) is 0 Å². The summed E-state index contributed by atoms with van der Waals surface area (Å²) in [5.74, 6) is -4.06. The van der Waals surface area contributed by atoms with Gasteiger partial charge in [-0.25, -0.2) is 24.1 Å². The Balaban J connectivity index is 1.64. The van der Waals surface area contributed by atoms with Gasteiger partial charge >= 0.3 is 5.97 Å². The number of aromatic nitrogens is 4. The highest BCUT2D eigenvalue weighted by Crippen LogP contribution is 2.33. The Morgan fingerprint density at radius 3 is 2.81 bits per heavy atom. The molecule has 2 aromatic rings. The molecule has 3 rings (SSSR count). The zero-order valence-corrected chi connectivity index (χ0v) is 14.8. The van der Waals surface area contributed by atoms with Gasteiger partial charge in [-0.2, -0.15) is 11.8 Å². The van der Waals surface area contributed by atoms with Crippen molar-refractivity contribution in [2.45, 2.75) is 36.8 Å². The summed E-state index contributed by atoms with van der Waals surface area (Å²) in [5.41, 5.74) is 11.4. The predicted molar refractivity (Wildman–Crippen MR) is 93.3 cm³/mol. The van der Waals surface area contributed by atoms with Gasteiger partial charge in [-0.1, -0.05) is 0 Å². The molecule has 1 aliphatic rings. The molecule has 0 amide bonds. The average molecular weight is 402 g/mol. The topological polar surface area (TPSA) is 183 Å². The Labute approximate surface area is 156 Å². The minimum absolute atomic E-state index is 0.102. The first kappa shape index (κ1) is 19.7. The fourth-order valence-corrected chi connectivity index (χ4v) is 3.80. The fourth-order valence-electron chi connectivity index (χ4n) is 2.68. The van der Waals surface area contributed by atoms with Crippen LogP contribution < -0.4 is 11.5 Å². The summed E-state index contributed by atoms with van der Waals surface area (Å²) in [6.45, 7) is 0.